The van der Waals surface area contributed by atoms with Gasteiger partial charge in [-0.1, -0.05) is 5.16 Å². The number of fused-ring (bicyclic) bond motifs is 1. The van der Waals surface area contributed by atoms with Crippen molar-refractivity contribution >= 4 is 15.7 Å². The molecule has 0 unspecified atom stereocenters. The topological polar surface area (TPSA) is 80.5 Å². The zero-order valence-electron chi connectivity index (χ0n) is 13.0. The molecule has 1 heterocycles. The van der Waals surface area contributed by atoms with Crippen molar-refractivity contribution in [2.24, 2.45) is 0 Å². The Morgan fingerprint density at radius 2 is 2.05 bits per heavy atom. The first-order valence-corrected chi connectivity index (χ1v) is 9.90. The van der Waals surface area contributed by atoms with Crippen LogP contribution < -0.4 is 0 Å². The van der Waals surface area contributed by atoms with Gasteiger partial charge in [-0.2, -0.15) is 0 Å². The first kappa shape index (κ1) is 15.5. The summed E-state index contributed by atoms with van der Waals surface area (Å²) in [7, 11) is -3.13. The predicted molar refractivity (Wildman–Crippen MR) is 81.5 cm³/mol. The third-order valence-electron chi connectivity index (χ3n) is 4.35. The molecule has 0 spiro atoms. The van der Waals surface area contributed by atoms with E-state index in [4.69, 9.17) is 4.52 Å². The van der Waals surface area contributed by atoms with Gasteiger partial charge in [0.1, 0.15) is 15.6 Å². The van der Waals surface area contributed by atoms with Crippen LogP contribution in [0, 0.1) is 0 Å². The Kier molecular flexibility index (Phi) is 4.01. The average Bonchev–Trinajstić information content (AvgIpc) is 3.15. The molecule has 0 N–H and O–H groups in total. The number of hydrogen-bond acceptors (Lipinski definition) is 5. The maximum atomic E-state index is 12.9. The molecule has 122 valence electrons. The molecule has 1 aromatic heterocycles. The largest absolute Gasteiger partial charge is 0.360 e. The van der Waals surface area contributed by atoms with E-state index in [1.807, 2.05) is 0 Å². The van der Waals surface area contributed by atoms with Crippen LogP contribution in [0.1, 0.15) is 54.4 Å². The SMILES string of the molecule is C[C@@H](CS(C)(=O)=O)N(C(=O)c1noc2c1CCCC2)C1CC1. The van der Waals surface area contributed by atoms with Crippen molar-refractivity contribution in [2.75, 3.05) is 12.0 Å². The van der Waals surface area contributed by atoms with Gasteiger partial charge in [0.25, 0.3) is 5.91 Å². The van der Waals surface area contributed by atoms with Crippen LogP contribution in [0.5, 0.6) is 0 Å². The molecule has 0 aromatic carbocycles. The van der Waals surface area contributed by atoms with Gasteiger partial charge in [-0.15, -0.1) is 0 Å². The van der Waals surface area contributed by atoms with Gasteiger partial charge in [-0.05, 0) is 39.0 Å². The zero-order valence-corrected chi connectivity index (χ0v) is 13.9. The number of amides is 1. The lowest BCUT2D eigenvalue weighted by Gasteiger charge is -2.28. The highest BCUT2D eigenvalue weighted by Crippen LogP contribution is 2.32. The van der Waals surface area contributed by atoms with Crippen LogP contribution in [-0.4, -0.2) is 48.5 Å². The van der Waals surface area contributed by atoms with Crippen molar-refractivity contribution in [1.82, 2.24) is 10.1 Å². The van der Waals surface area contributed by atoms with E-state index < -0.39 is 9.84 Å². The minimum Gasteiger partial charge on any atom is -0.360 e. The monoisotopic (exact) mass is 326 g/mol. The van der Waals surface area contributed by atoms with Crippen LogP contribution in [0.25, 0.3) is 0 Å². The van der Waals surface area contributed by atoms with Crippen LogP contribution in [0.15, 0.2) is 4.52 Å². The Balaban J connectivity index is 1.86. The summed E-state index contributed by atoms with van der Waals surface area (Å²) in [6.07, 6.45) is 6.82. The van der Waals surface area contributed by atoms with E-state index >= 15 is 0 Å². The lowest BCUT2D eigenvalue weighted by atomic mass is 9.96. The molecule has 2 aliphatic rings. The quantitative estimate of drug-likeness (QED) is 0.821. The second-order valence-electron chi connectivity index (χ2n) is 6.53. The van der Waals surface area contributed by atoms with Crippen LogP contribution in [0.2, 0.25) is 0 Å². The molecule has 0 saturated heterocycles. The molecule has 1 saturated carbocycles. The van der Waals surface area contributed by atoms with Gasteiger partial charge in [0.15, 0.2) is 5.69 Å². The summed E-state index contributed by atoms with van der Waals surface area (Å²) in [5.41, 5.74) is 1.32. The van der Waals surface area contributed by atoms with E-state index in [1.165, 1.54) is 6.26 Å². The fraction of sp³-hybridized carbons (Fsp3) is 0.733. The molecule has 7 heteroatoms. The summed E-state index contributed by atoms with van der Waals surface area (Å²) in [6.45, 7) is 1.80. The Labute approximate surface area is 130 Å². The van der Waals surface area contributed by atoms with Crippen molar-refractivity contribution in [3.8, 4) is 0 Å². The third-order valence-corrected chi connectivity index (χ3v) is 5.43. The van der Waals surface area contributed by atoms with Crippen LogP contribution in [-0.2, 0) is 22.7 Å². The van der Waals surface area contributed by atoms with Crippen molar-refractivity contribution in [1.29, 1.82) is 0 Å². The summed E-state index contributed by atoms with van der Waals surface area (Å²) in [5, 5.41) is 3.99. The molecule has 1 fully saturated rings. The molecule has 1 atom stereocenters. The third kappa shape index (κ3) is 3.19. The second-order valence-corrected chi connectivity index (χ2v) is 8.71. The number of rotatable bonds is 5. The van der Waals surface area contributed by atoms with Crippen molar-refractivity contribution in [3.63, 3.8) is 0 Å². The van der Waals surface area contributed by atoms with E-state index in [-0.39, 0.29) is 23.7 Å². The molecular formula is C15H22N2O4S. The predicted octanol–water partition coefficient (Wildman–Crippen LogP) is 1.59. The number of hydrogen-bond donors (Lipinski definition) is 0. The second kappa shape index (κ2) is 5.68. The number of aryl methyl sites for hydroxylation is 1. The Morgan fingerprint density at radius 1 is 1.36 bits per heavy atom. The Bertz CT molecular complexity index is 676. The van der Waals surface area contributed by atoms with Gasteiger partial charge in [-0.3, -0.25) is 4.79 Å². The van der Waals surface area contributed by atoms with Crippen LogP contribution in [0.3, 0.4) is 0 Å². The Hall–Kier alpha value is -1.37. The van der Waals surface area contributed by atoms with Crippen LogP contribution in [0.4, 0.5) is 0 Å². The van der Waals surface area contributed by atoms with Gasteiger partial charge in [-0.25, -0.2) is 8.42 Å². The molecule has 0 radical (unpaired) electrons. The molecule has 22 heavy (non-hydrogen) atoms. The normalized spacial score (nSPS) is 19.5. The molecule has 1 aromatic rings. The van der Waals surface area contributed by atoms with E-state index in [1.54, 1.807) is 11.8 Å². The van der Waals surface area contributed by atoms with Gasteiger partial charge in [0, 0.05) is 30.3 Å². The highest BCUT2D eigenvalue weighted by molar-refractivity contribution is 7.90. The highest BCUT2D eigenvalue weighted by Gasteiger charge is 2.39. The molecule has 0 bridgehead atoms. The number of sulfone groups is 1. The summed E-state index contributed by atoms with van der Waals surface area (Å²) in [5.74, 6) is 0.626. The first-order valence-electron chi connectivity index (χ1n) is 7.84. The van der Waals surface area contributed by atoms with E-state index in [9.17, 15) is 13.2 Å². The minimum absolute atomic E-state index is 0.0186. The van der Waals surface area contributed by atoms with Gasteiger partial charge in [0.05, 0.1) is 5.75 Å². The summed E-state index contributed by atoms with van der Waals surface area (Å²) in [4.78, 5) is 14.6. The van der Waals surface area contributed by atoms with Crippen molar-refractivity contribution in [2.45, 2.75) is 57.5 Å². The molecule has 0 aliphatic heterocycles. The van der Waals surface area contributed by atoms with E-state index in [2.05, 4.69) is 5.16 Å². The fourth-order valence-corrected chi connectivity index (χ4v) is 4.31. The fourth-order valence-electron chi connectivity index (χ4n) is 3.27. The van der Waals surface area contributed by atoms with Gasteiger partial charge >= 0.3 is 0 Å². The number of nitrogens with zero attached hydrogens (tertiary/aromatic N) is 2. The summed E-state index contributed by atoms with van der Waals surface area (Å²) >= 11 is 0. The minimum atomic E-state index is -3.13. The van der Waals surface area contributed by atoms with Crippen LogP contribution >= 0.6 is 0 Å². The average molecular weight is 326 g/mol. The summed E-state index contributed by atoms with van der Waals surface area (Å²) in [6, 6.07) is -0.203. The highest BCUT2D eigenvalue weighted by atomic mass is 32.2. The number of aromatic nitrogens is 1. The molecule has 1 amide bonds. The zero-order chi connectivity index (χ0) is 15.9. The molecular weight excluding hydrogens is 304 g/mol. The van der Waals surface area contributed by atoms with Crippen molar-refractivity contribution in [3.05, 3.63) is 17.0 Å². The van der Waals surface area contributed by atoms with E-state index in [0.29, 0.717) is 5.69 Å². The maximum Gasteiger partial charge on any atom is 0.276 e. The first-order chi connectivity index (χ1) is 10.4. The van der Waals surface area contributed by atoms with E-state index in [0.717, 1.165) is 49.8 Å². The Morgan fingerprint density at radius 3 is 2.68 bits per heavy atom. The molecule has 6 nitrogen and oxygen atoms in total. The maximum absolute atomic E-state index is 12.9. The smallest absolute Gasteiger partial charge is 0.276 e. The lowest BCUT2D eigenvalue weighted by Crippen LogP contribution is -2.44. The van der Waals surface area contributed by atoms with Gasteiger partial charge < -0.3 is 9.42 Å². The van der Waals surface area contributed by atoms with Crippen molar-refractivity contribution < 1.29 is 17.7 Å². The standard InChI is InChI=1S/C15H22N2O4S/c1-10(9-22(2,19)20)17(11-7-8-11)15(18)14-12-5-3-4-6-13(12)21-16-14/h10-11H,3-9H2,1-2H3/t10-/m0/s1. The lowest BCUT2D eigenvalue weighted by molar-refractivity contribution is 0.0681. The molecule has 3 rings (SSSR count). The number of carbonyl (C=O) groups excluding carboxylic acids is 1. The van der Waals surface area contributed by atoms with Gasteiger partial charge in [0.2, 0.25) is 0 Å². The number of carbonyl (C=O) groups is 1. The summed E-state index contributed by atoms with van der Waals surface area (Å²) < 4.78 is 28.4. The molecule has 2 aliphatic carbocycles.